The van der Waals surface area contributed by atoms with Crippen molar-refractivity contribution in [2.24, 2.45) is 5.73 Å². The predicted octanol–water partition coefficient (Wildman–Crippen LogP) is 4.90. The summed E-state index contributed by atoms with van der Waals surface area (Å²) in [6, 6.07) is 10.6. The molecule has 0 saturated carbocycles. The Morgan fingerprint density at radius 3 is 2.63 bits per heavy atom. The van der Waals surface area contributed by atoms with E-state index in [1.54, 1.807) is 6.07 Å². The van der Waals surface area contributed by atoms with Crippen LogP contribution < -0.4 is 5.73 Å². The molecule has 0 amide bonds. The van der Waals surface area contributed by atoms with Crippen LogP contribution in [0.1, 0.15) is 22.7 Å². The normalized spacial score (nSPS) is 12.5. The highest BCUT2D eigenvalue weighted by Gasteiger charge is 2.13. The van der Waals surface area contributed by atoms with Crippen LogP contribution in [0, 0.1) is 12.7 Å². The highest BCUT2D eigenvalue weighted by molar-refractivity contribution is 9.10. The average molecular weight is 387 g/mol. The summed E-state index contributed by atoms with van der Waals surface area (Å²) in [6.07, 6.45) is 0.656. The van der Waals surface area contributed by atoms with Crippen LogP contribution in [0.25, 0.3) is 0 Å². The highest BCUT2D eigenvalue weighted by Crippen LogP contribution is 2.29. The molecule has 1 nitrogen and oxygen atoms in total. The van der Waals surface area contributed by atoms with E-state index in [0.29, 0.717) is 6.42 Å². The molecule has 0 bridgehead atoms. The molecule has 0 aliphatic carbocycles. The van der Waals surface area contributed by atoms with Crippen molar-refractivity contribution in [3.8, 4) is 0 Å². The van der Waals surface area contributed by atoms with Crippen molar-refractivity contribution in [2.45, 2.75) is 19.4 Å². The molecule has 2 N–H and O–H groups in total. The topological polar surface area (TPSA) is 26.0 Å². The molecule has 1 unspecified atom stereocenters. The van der Waals surface area contributed by atoms with E-state index in [-0.39, 0.29) is 11.9 Å². The van der Waals surface area contributed by atoms with Gasteiger partial charge in [0, 0.05) is 15.0 Å². The molecule has 0 radical (unpaired) electrons. The van der Waals surface area contributed by atoms with E-state index in [0.717, 1.165) is 25.6 Å². The SMILES string of the molecule is Cc1cccc(C(N)Cc2ccc(F)cc2Br)c1Br. The van der Waals surface area contributed by atoms with Crippen LogP contribution in [0.3, 0.4) is 0 Å². The summed E-state index contributed by atoms with van der Waals surface area (Å²) in [6.45, 7) is 2.04. The summed E-state index contributed by atoms with van der Waals surface area (Å²) in [4.78, 5) is 0. The van der Waals surface area contributed by atoms with Crippen molar-refractivity contribution in [1.82, 2.24) is 0 Å². The van der Waals surface area contributed by atoms with E-state index in [2.05, 4.69) is 31.9 Å². The quantitative estimate of drug-likeness (QED) is 0.797. The van der Waals surface area contributed by atoms with E-state index in [4.69, 9.17) is 5.73 Å². The maximum Gasteiger partial charge on any atom is 0.124 e. The van der Waals surface area contributed by atoms with Crippen LogP contribution >= 0.6 is 31.9 Å². The lowest BCUT2D eigenvalue weighted by Gasteiger charge is -2.16. The maximum absolute atomic E-state index is 13.1. The van der Waals surface area contributed by atoms with Gasteiger partial charge in [0.1, 0.15) is 5.82 Å². The highest BCUT2D eigenvalue weighted by atomic mass is 79.9. The third kappa shape index (κ3) is 3.44. The molecular formula is C15H14Br2FN. The number of aryl methyl sites for hydroxylation is 1. The lowest BCUT2D eigenvalue weighted by atomic mass is 9.98. The Balaban J connectivity index is 2.25. The molecule has 2 rings (SSSR count). The maximum atomic E-state index is 13.1. The van der Waals surface area contributed by atoms with Gasteiger partial charge < -0.3 is 5.73 Å². The summed E-state index contributed by atoms with van der Waals surface area (Å²) in [5.74, 6) is -0.249. The smallest absolute Gasteiger partial charge is 0.124 e. The van der Waals surface area contributed by atoms with Crippen LogP contribution in [0.4, 0.5) is 4.39 Å². The first kappa shape index (κ1) is 14.7. The minimum Gasteiger partial charge on any atom is -0.324 e. The standard InChI is InChI=1S/C15H14Br2FN/c1-9-3-2-4-12(15(9)17)14(19)7-10-5-6-11(18)8-13(10)16/h2-6,8,14H,7,19H2,1H3. The van der Waals surface area contributed by atoms with Crippen LogP contribution in [0.5, 0.6) is 0 Å². The van der Waals surface area contributed by atoms with Gasteiger partial charge in [0.2, 0.25) is 0 Å². The Bertz CT molecular complexity index is 599. The van der Waals surface area contributed by atoms with Crippen LogP contribution in [-0.2, 0) is 6.42 Å². The van der Waals surface area contributed by atoms with Crippen molar-refractivity contribution < 1.29 is 4.39 Å². The lowest BCUT2D eigenvalue weighted by molar-refractivity contribution is 0.624. The van der Waals surface area contributed by atoms with Gasteiger partial charge in [-0.3, -0.25) is 0 Å². The van der Waals surface area contributed by atoms with Gasteiger partial charge in [-0.05, 0) is 42.2 Å². The van der Waals surface area contributed by atoms with Crippen molar-refractivity contribution >= 4 is 31.9 Å². The fourth-order valence-corrected chi connectivity index (χ4v) is 3.06. The van der Waals surface area contributed by atoms with Gasteiger partial charge in [-0.15, -0.1) is 0 Å². The van der Waals surface area contributed by atoms with E-state index in [9.17, 15) is 4.39 Å². The van der Waals surface area contributed by atoms with Gasteiger partial charge in [-0.1, -0.05) is 56.1 Å². The molecular weight excluding hydrogens is 373 g/mol. The zero-order valence-electron chi connectivity index (χ0n) is 10.5. The number of benzene rings is 2. The second-order valence-electron chi connectivity index (χ2n) is 4.52. The van der Waals surface area contributed by atoms with Gasteiger partial charge in [0.15, 0.2) is 0 Å². The van der Waals surface area contributed by atoms with Crippen molar-refractivity contribution in [1.29, 1.82) is 0 Å². The van der Waals surface area contributed by atoms with Crippen molar-refractivity contribution in [2.75, 3.05) is 0 Å². The van der Waals surface area contributed by atoms with Crippen LogP contribution in [0.2, 0.25) is 0 Å². The number of hydrogen-bond donors (Lipinski definition) is 1. The summed E-state index contributed by atoms with van der Waals surface area (Å²) in [5.41, 5.74) is 9.49. The Morgan fingerprint density at radius 1 is 1.21 bits per heavy atom. The van der Waals surface area contributed by atoms with Gasteiger partial charge in [-0.2, -0.15) is 0 Å². The minimum atomic E-state index is -0.249. The predicted molar refractivity (Wildman–Crippen MR) is 83.6 cm³/mol. The Morgan fingerprint density at radius 2 is 1.95 bits per heavy atom. The molecule has 19 heavy (non-hydrogen) atoms. The number of rotatable bonds is 3. The Kier molecular flexibility index (Phi) is 4.76. The first-order valence-corrected chi connectivity index (χ1v) is 7.52. The molecule has 4 heteroatoms. The molecule has 0 aliphatic rings. The molecule has 100 valence electrons. The Hall–Kier alpha value is -0.710. The summed E-state index contributed by atoms with van der Waals surface area (Å²) >= 11 is 6.95. The third-order valence-electron chi connectivity index (χ3n) is 3.08. The molecule has 0 heterocycles. The van der Waals surface area contributed by atoms with Crippen LogP contribution in [-0.4, -0.2) is 0 Å². The lowest BCUT2D eigenvalue weighted by Crippen LogP contribution is -2.14. The van der Waals surface area contributed by atoms with Gasteiger partial charge in [-0.25, -0.2) is 4.39 Å². The average Bonchev–Trinajstić information content (AvgIpc) is 2.36. The van der Waals surface area contributed by atoms with E-state index >= 15 is 0 Å². The first-order valence-electron chi connectivity index (χ1n) is 5.93. The number of hydrogen-bond acceptors (Lipinski definition) is 1. The van der Waals surface area contributed by atoms with Gasteiger partial charge in [0.05, 0.1) is 0 Å². The van der Waals surface area contributed by atoms with E-state index in [1.165, 1.54) is 12.1 Å². The summed E-state index contributed by atoms with van der Waals surface area (Å²) in [5, 5.41) is 0. The summed E-state index contributed by atoms with van der Waals surface area (Å²) < 4.78 is 14.9. The number of nitrogens with two attached hydrogens (primary N) is 1. The fourth-order valence-electron chi connectivity index (χ4n) is 1.99. The molecule has 2 aromatic carbocycles. The summed E-state index contributed by atoms with van der Waals surface area (Å²) in [7, 11) is 0. The van der Waals surface area contributed by atoms with Gasteiger partial charge in [0.25, 0.3) is 0 Å². The monoisotopic (exact) mass is 385 g/mol. The zero-order chi connectivity index (χ0) is 14.0. The molecule has 0 aromatic heterocycles. The second-order valence-corrected chi connectivity index (χ2v) is 6.17. The minimum absolute atomic E-state index is 0.129. The molecule has 0 spiro atoms. The largest absolute Gasteiger partial charge is 0.324 e. The molecule has 0 aliphatic heterocycles. The number of halogens is 3. The third-order valence-corrected chi connectivity index (χ3v) is 4.90. The van der Waals surface area contributed by atoms with Gasteiger partial charge >= 0.3 is 0 Å². The van der Waals surface area contributed by atoms with Crippen LogP contribution in [0.15, 0.2) is 45.3 Å². The fraction of sp³-hybridized carbons (Fsp3) is 0.200. The molecule has 0 saturated heterocycles. The molecule has 2 aromatic rings. The van der Waals surface area contributed by atoms with Crippen molar-refractivity contribution in [3.05, 3.63) is 67.9 Å². The van der Waals surface area contributed by atoms with E-state index < -0.39 is 0 Å². The molecule has 1 atom stereocenters. The van der Waals surface area contributed by atoms with Crippen molar-refractivity contribution in [3.63, 3.8) is 0 Å². The first-order chi connectivity index (χ1) is 8.99. The second kappa shape index (κ2) is 6.16. The molecule has 0 fully saturated rings. The Labute approximate surface area is 129 Å². The van der Waals surface area contributed by atoms with E-state index in [1.807, 2.05) is 25.1 Å². The zero-order valence-corrected chi connectivity index (χ0v) is 13.6.